The van der Waals surface area contributed by atoms with Gasteiger partial charge in [0.25, 0.3) is 0 Å². The van der Waals surface area contributed by atoms with E-state index in [0.29, 0.717) is 19.4 Å². The molecule has 0 saturated carbocycles. The SMILES string of the molecule is CCC(CCNC(=O)OC(C)(C)C)OC(=O)C1(C)COC(=O)OC1. The molecule has 0 aromatic carbocycles. The van der Waals surface area contributed by atoms with E-state index in [1.807, 2.05) is 6.92 Å². The molecule has 1 fully saturated rings. The topological polar surface area (TPSA) is 100 Å². The zero-order chi connectivity index (χ0) is 18.4. The van der Waals surface area contributed by atoms with Crippen molar-refractivity contribution in [3.63, 3.8) is 0 Å². The molecule has 0 aromatic heterocycles. The molecule has 24 heavy (non-hydrogen) atoms. The average Bonchev–Trinajstić information content (AvgIpc) is 2.47. The summed E-state index contributed by atoms with van der Waals surface area (Å²) in [4.78, 5) is 34.8. The average molecular weight is 345 g/mol. The lowest BCUT2D eigenvalue weighted by atomic mass is 9.92. The predicted molar refractivity (Wildman–Crippen MR) is 84.4 cm³/mol. The van der Waals surface area contributed by atoms with Crippen LogP contribution in [0.1, 0.15) is 47.5 Å². The summed E-state index contributed by atoms with van der Waals surface area (Å²) in [5.41, 5.74) is -1.58. The monoisotopic (exact) mass is 345 g/mol. The Morgan fingerprint density at radius 3 is 2.38 bits per heavy atom. The molecular formula is C16H27NO7. The Kier molecular flexibility index (Phi) is 6.86. The standard InChI is InChI=1S/C16H27NO7/c1-6-11(7-8-17-13(19)24-15(2,3)4)23-12(18)16(5)9-21-14(20)22-10-16/h11H,6-10H2,1-5H3,(H,17,19). The van der Waals surface area contributed by atoms with Crippen LogP contribution in [0, 0.1) is 5.41 Å². The normalized spacial score (nSPS) is 18.0. The first-order chi connectivity index (χ1) is 11.1. The number of cyclic esters (lactones) is 2. The number of ether oxygens (including phenoxy) is 4. The lowest BCUT2D eigenvalue weighted by Crippen LogP contribution is -2.45. The van der Waals surface area contributed by atoms with E-state index in [1.165, 1.54) is 0 Å². The maximum atomic E-state index is 12.3. The lowest BCUT2D eigenvalue weighted by molar-refractivity contribution is -0.171. The van der Waals surface area contributed by atoms with Gasteiger partial charge in [0.1, 0.15) is 30.3 Å². The Labute approximate surface area is 142 Å². The number of nitrogens with one attached hydrogen (secondary N) is 1. The number of amides is 1. The quantitative estimate of drug-likeness (QED) is 0.583. The summed E-state index contributed by atoms with van der Waals surface area (Å²) in [6, 6.07) is 0. The highest BCUT2D eigenvalue weighted by Gasteiger charge is 2.42. The Bertz CT molecular complexity index is 460. The Balaban J connectivity index is 2.40. The minimum Gasteiger partial charge on any atom is -0.462 e. The first-order valence-corrected chi connectivity index (χ1v) is 8.03. The molecule has 1 N–H and O–H groups in total. The maximum absolute atomic E-state index is 12.3. The molecule has 8 nitrogen and oxygen atoms in total. The number of hydrogen-bond donors (Lipinski definition) is 1. The van der Waals surface area contributed by atoms with Gasteiger partial charge in [0.15, 0.2) is 0 Å². The molecule has 1 unspecified atom stereocenters. The van der Waals surface area contributed by atoms with Gasteiger partial charge >= 0.3 is 18.2 Å². The number of hydrogen-bond acceptors (Lipinski definition) is 7. The van der Waals surface area contributed by atoms with Crippen LogP contribution in [-0.4, -0.2) is 49.7 Å². The van der Waals surface area contributed by atoms with Crippen molar-refractivity contribution in [3.8, 4) is 0 Å². The zero-order valence-electron chi connectivity index (χ0n) is 15.0. The summed E-state index contributed by atoms with van der Waals surface area (Å²) in [6.07, 6.45) is -0.601. The summed E-state index contributed by atoms with van der Waals surface area (Å²) in [5.74, 6) is -0.487. The molecule has 0 spiro atoms. The molecule has 138 valence electrons. The van der Waals surface area contributed by atoms with Crippen LogP contribution in [0.15, 0.2) is 0 Å². The van der Waals surface area contributed by atoms with Gasteiger partial charge in [-0.1, -0.05) is 6.92 Å². The van der Waals surface area contributed by atoms with Crippen molar-refractivity contribution < 1.29 is 33.3 Å². The van der Waals surface area contributed by atoms with Crippen molar-refractivity contribution in [2.24, 2.45) is 5.41 Å². The van der Waals surface area contributed by atoms with E-state index >= 15 is 0 Å². The molecule has 1 amide bonds. The van der Waals surface area contributed by atoms with Gasteiger partial charge in [-0.15, -0.1) is 0 Å². The molecule has 0 aromatic rings. The van der Waals surface area contributed by atoms with E-state index in [9.17, 15) is 14.4 Å². The molecule has 1 aliphatic heterocycles. The Morgan fingerprint density at radius 2 is 1.88 bits per heavy atom. The summed E-state index contributed by atoms with van der Waals surface area (Å²) in [5, 5.41) is 2.63. The highest BCUT2D eigenvalue weighted by atomic mass is 16.7. The van der Waals surface area contributed by atoms with Crippen LogP contribution in [0.2, 0.25) is 0 Å². The highest BCUT2D eigenvalue weighted by molar-refractivity contribution is 5.78. The van der Waals surface area contributed by atoms with Crippen LogP contribution >= 0.6 is 0 Å². The first kappa shape index (κ1) is 20.1. The minimum atomic E-state index is -1.01. The fourth-order valence-corrected chi connectivity index (χ4v) is 1.93. The molecule has 1 heterocycles. The molecule has 0 aliphatic carbocycles. The van der Waals surface area contributed by atoms with E-state index in [1.54, 1.807) is 27.7 Å². The van der Waals surface area contributed by atoms with Crippen LogP contribution in [-0.2, 0) is 23.7 Å². The predicted octanol–water partition coefficient (Wildman–Crippen LogP) is 2.40. The van der Waals surface area contributed by atoms with Crippen molar-refractivity contribution in [2.45, 2.75) is 59.2 Å². The summed E-state index contributed by atoms with van der Waals surface area (Å²) in [7, 11) is 0. The maximum Gasteiger partial charge on any atom is 0.508 e. The molecule has 1 rings (SSSR count). The van der Waals surface area contributed by atoms with E-state index in [2.05, 4.69) is 5.32 Å². The summed E-state index contributed by atoms with van der Waals surface area (Å²) in [6.45, 7) is 9.02. The largest absolute Gasteiger partial charge is 0.508 e. The number of alkyl carbamates (subject to hydrolysis) is 1. The number of carbonyl (C=O) groups excluding carboxylic acids is 3. The highest BCUT2D eigenvalue weighted by Crippen LogP contribution is 2.25. The van der Waals surface area contributed by atoms with Gasteiger partial charge in [0, 0.05) is 13.0 Å². The third kappa shape index (κ3) is 6.64. The summed E-state index contributed by atoms with van der Waals surface area (Å²) < 4.78 is 20.1. The molecule has 8 heteroatoms. The van der Waals surface area contributed by atoms with Crippen molar-refractivity contribution in [1.82, 2.24) is 5.32 Å². The Hall–Kier alpha value is -1.99. The van der Waals surface area contributed by atoms with Gasteiger partial charge < -0.3 is 24.3 Å². The van der Waals surface area contributed by atoms with Crippen LogP contribution in [0.25, 0.3) is 0 Å². The second kappa shape index (κ2) is 8.21. The second-order valence-electron chi connectivity index (χ2n) is 7.04. The summed E-state index contributed by atoms with van der Waals surface area (Å²) >= 11 is 0. The third-order valence-electron chi connectivity index (χ3n) is 3.37. The zero-order valence-corrected chi connectivity index (χ0v) is 15.0. The van der Waals surface area contributed by atoms with Gasteiger partial charge in [-0.3, -0.25) is 4.79 Å². The van der Waals surface area contributed by atoms with Crippen LogP contribution in [0.3, 0.4) is 0 Å². The van der Waals surface area contributed by atoms with Gasteiger partial charge in [0.2, 0.25) is 0 Å². The minimum absolute atomic E-state index is 0.0722. The van der Waals surface area contributed by atoms with E-state index in [4.69, 9.17) is 18.9 Å². The van der Waals surface area contributed by atoms with Gasteiger partial charge in [-0.25, -0.2) is 9.59 Å². The first-order valence-electron chi connectivity index (χ1n) is 8.03. The molecule has 0 radical (unpaired) electrons. The second-order valence-corrected chi connectivity index (χ2v) is 7.04. The fraction of sp³-hybridized carbons (Fsp3) is 0.812. The van der Waals surface area contributed by atoms with Crippen LogP contribution in [0.4, 0.5) is 9.59 Å². The van der Waals surface area contributed by atoms with Crippen molar-refractivity contribution in [1.29, 1.82) is 0 Å². The van der Waals surface area contributed by atoms with E-state index in [0.717, 1.165) is 0 Å². The molecular weight excluding hydrogens is 318 g/mol. The van der Waals surface area contributed by atoms with Crippen molar-refractivity contribution in [2.75, 3.05) is 19.8 Å². The van der Waals surface area contributed by atoms with Gasteiger partial charge in [0.05, 0.1) is 0 Å². The van der Waals surface area contributed by atoms with Crippen LogP contribution < -0.4 is 5.32 Å². The van der Waals surface area contributed by atoms with Crippen molar-refractivity contribution >= 4 is 18.2 Å². The molecule has 0 bridgehead atoms. The third-order valence-corrected chi connectivity index (χ3v) is 3.37. The fourth-order valence-electron chi connectivity index (χ4n) is 1.93. The lowest BCUT2D eigenvalue weighted by Gasteiger charge is -2.31. The number of rotatable bonds is 6. The number of carbonyl (C=O) groups is 3. The van der Waals surface area contributed by atoms with Crippen molar-refractivity contribution in [3.05, 3.63) is 0 Å². The van der Waals surface area contributed by atoms with E-state index in [-0.39, 0.29) is 19.3 Å². The molecule has 1 saturated heterocycles. The van der Waals surface area contributed by atoms with Gasteiger partial charge in [-0.2, -0.15) is 0 Å². The Morgan fingerprint density at radius 1 is 1.29 bits per heavy atom. The van der Waals surface area contributed by atoms with E-state index < -0.39 is 29.2 Å². The smallest absolute Gasteiger partial charge is 0.462 e. The molecule has 1 aliphatic rings. The number of esters is 1. The van der Waals surface area contributed by atoms with Gasteiger partial charge in [-0.05, 0) is 34.1 Å². The van der Waals surface area contributed by atoms with Crippen LogP contribution in [0.5, 0.6) is 0 Å². The molecule has 1 atom stereocenters.